The van der Waals surface area contributed by atoms with Crippen LogP contribution in [-0.2, 0) is 4.79 Å². The molecule has 2 aliphatic heterocycles. The second-order valence-electron chi connectivity index (χ2n) is 7.84. The van der Waals surface area contributed by atoms with Crippen LogP contribution in [0.25, 0.3) is 11.0 Å². The first-order valence-corrected chi connectivity index (χ1v) is 12.4. The average Bonchev–Trinajstić information content (AvgIpc) is 3.41. The third kappa shape index (κ3) is 3.70. The highest BCUT2D eigenvalue weighted by Crippen LogP contribution is 2.34. The van der Waals surface area contributed by atoms with E-state index < -0.39 is 6.04 Å². The Balaban J connectivity index is 1.34. The second-order valence-corrected chi connectivity index (χ2v) is 9.24. The zero-order valence-electron chi connectivity index (χ0n) is 18.0. The van der Waals surface area contributed by atoms with Gasteiger partial charge in [0.15, 0.2) is 0 Å². The number of nitrogens with zero attached hydrogens (tertiary/aromatic N) is 4. The lowest BCUT2D eigenvalue weighted by atomic mass is 9.97. The largest absolute Gasteiger partial charge is 0.496 e. The topological polar surface area (TPSA) is 105 Å². The van der Waals surface area contributed by atoms with Crippen molar-refractivity contribution in [1.82, 2.24) is 19.0 Å². The summed E-state index contributed by atoms with van der Waals surface area (Å²) in [7, 11) is 1.53. The van der Waals surface area contributed by atoms with Crippen LogP contribution in [0.1, 0.15) is 23.2 Å². The maximum Gasteiger partial charge on any atom is 0.332 e. The molecule has 1 N–H and O–H groups in total. The highest BCUT2D eigenvalue weighted by atomic mass is 32.2. The Morgan fingerprint density at radius 2 is 2.09 bits per heavy atom. The van der Waals surface area contributed by atoms with E-state index in [0.29, 0.717) is 47.4 Å². The van der Waals surface area contributed by atoms with Crippen molar-refractivity contribution >= 4 is 58.1 Å². The molecule has 0 spiro atoms. The number of hydrogen-bond donors (Lipinski definition) is 1. The molecule has 2 fully saturated rings. The van der Waals surface area contributed by atoms with Gasteiger partial charge in [0.25, 0.3) is 11.8 Å². The first-order chi connectivity index (χ1) is 16.0. The van der Waals surface area contributed by atoms with Gasteiger partial charge >= 0.3 is 6.03 Å². The second kappa shape index (κ2) is 8.64. The highest BCUT2D eigenvalue weighted by Gasteiger charge is 2.49. The van der Waals surface area contributed by atoms with E-state index in [2.05, 4.69) is 14.1 Å². The first kappa shape index (κ1) is 21.7. The zero-order chi connectivity index (χ0) is 23.1. The Bertz CT molecular complexity index is 1260. The molecular weight excluding hydrogens is 462 g/mol. The Kier molecular flexibility index (Phi) is 5.67. The van der Waals surface area contributed by atoms with E-state index in [1.807, 2.05) is 18.4 Å². The number of anilines is 1. The van der Waals surface area contributed by atoms with Crippen LogP contribution >= 0.6 is 23.5 Å². The Labute approximate surface area is 198 Å². The zero-order valence-corrected chi connectivity index (χ0v) is 19.6. The van der Waals surface area contributed by atoms with Crippen LogP contribution in [0.3, 0.4) is 0 Å². The van der Waals surface area contributed by atoms with Gasteiger partial charge in [-0.05, 0) is 49.4 Å². The number of imide groups is 1. The number of benzene rings is 2. The number of amides is 4. The molecule has 2 unspecified atom stereocenters. The van der Waals surface area contributed by atoms with Gasteiger partial charge in [-0.15, -0.1) is 11.8 Å². The lowest BCUT2D eigenvalue weighted by Gasteiger charge is -2.32. The summed E-state index contributed by atoms with van der Waals surface area (Å²) < 4.78 is 13.9. The molecule has 170 valence electrons. The summed E-state index contributed by atoms with van der Waals surface area (Å²) >= 11 is 2.61. The predicted octanol–water partition coefficient (Wildman–Crippen LogP) is 3.15. The lowest BCUT2D eigenvalue weighted by Crippen LogP contribution is -2.49. The number of carbonyl (C=O) groups is 3. The van der Waals surface area contributed by atoms with Crippen molar-refractivity contribution in [2.24, 2.45) is 0 Å². The van der Waals surface area contributed by atoms with E-state index >= 15 is 0 Å². The van der Waals surface area contributed by atoms with Crippen LogP contribution in [0.4, 0.5) is 10.5 Å². The van der Waals surface area contributed by atoms with E-state index in [-0.39, 0.29) is 23.9 Å². The fourth-order valence-electron chi connectivity index (χ4n) is 4.37. The number of nitrogens with one attached hydrogen (secondary N) is 1. The molecule has 1 aromatic heterocycles. The summed E-state index contributed by atoms with van der Waals surface area (Å²) in [6.07, 6.45) is 2.86. The normalized spacial score (nSPS) is 20.3. The quantitative estimate of drug-likeness (QED) is 0.439. The van der Waals surface area contributed by atoms with Gasteiger partial charge in [-0.1, -0.05) is 6.07 Å². The van der Waals surface area contributed by atoms with Gasteiger partial charge in [0, 0.05) is 17.5 Å². The molecule has 3 aromatic rings. The molecule has 3 heterocycles. The molecule has 0 radical (unpaired) electrons. The van der Waals surface area contributed by atoms with Crippen molar-refractivity contribution in [2.75, 3.05) is 24.8 Å². The number of ether oxygens (including phenoxy) is 1. The van der Waals surface area contributed by atoms with Gasteiger partial charge in [0.05, 0.1) is 30.1 Å². The fraction of sp³-hybridized carbons (Fsp3) is 0.318. The van der Waals surface area contributed by atoms with E-state index in [9.17, 15) is 14.4 Å². The number of hydrogen-bond acceptors (Lipinski definition) is 8. The van der Waals surface area contributed by atoms with Crippen LogP contribution in [0.5, 0.6) is 5.75 Å². The minimum Gasteiger partial charge on any atom is -0.496 e. The average molecular weight is 484 g/mol. The summed E-state index contributed by atoms with van der Waals surface area (Å²) in [5.41, 5.74) is 2.07. The molecule has 2 aromatic carbocycles. The summed E-state index contributed by atoms with van der Waals surface area (Å²) in [4.78, 5) is 43.1. The molecular formula is C22H21N5O4S2. The number of fused-ring (bicyclic) bond motifs is 2. The van der Waals surface area contributed by atoms with Crippen molar-refractivity contribution < 1.29 is 19.1 Å². The summed E-state index contributed by atoms with van der Waals surface area (Å²) in [6.45, 7) is 0.379. The number of aromatic nitrogens is 2. The van der Waals surface area contributed by atoms with Gasteiger partial charge in [-0.3, -0.25) is 9.59 Å². The van der Waals surface area contributed by atoms with Gasteiger partial charge in [-0.2, -0.15) is 8.75 Å². The third-order valence-corrected chi connectivity index (χ3v) is 7.31. The van der Waals surface area contributed by atoms with Gasteiger partial charge < -0.3 is 15.0 Å². The van der Waals surface area contributed by atoms with E-state index in [4.69, 9.17) is 4.74 Å². The molecule has 2 aliphatic rings. The lowest BCUT2D eigenvalue weighted by molar-refractivity contribution is -0.120. The number of rotatable bonds is 5. The highest BCUT2D eigenvalue weighted by molar-refractivity contribution is 7.98. The van der Waals surface area contributed by atoms with Crippen LogP contribution in [0.2, 0.25) is 0 Å². The van der Waals surface area contributed by atoms with Crippen LogP contribution in [-0.4, -0.2) is 63.5 Å². The molecule has 0 saturated carbocycles. The maximum atomic E-state index is 13.3. The fourth-order valence-corrected chi connectivity index (χ4v) is 5.35. The molecule has 2 saturated heterocycles. The Morgan fingerprint density at radius 3 is 2.88 bits per heavy atom. The number of thioether (sulfide) groups is 1. The van der Waals surface area contributed by atoms with Crippen molar-refractivity contribution in [3.05, 3.63) is 42.0 Å². The molecule has 0 aliphatic carbocycles. The van der Waals surface area contributed by atoms with Crippen molar-refractivity contribution in [3.8, 4) is 5.75 Å². The van der Waals surface area contributed by atoms with E-state index in [0.717, 1.165) is 16.6 Å². The number of carbonyl (C=O) groups excluding carboxylic acids is 3. The van der Waals surface area contributed by atoms with Crippen molar-refractivity contribution in [3.63, 3.8) is 0 Å². The number of piperidine rings is 1. The van der Waals surface area contributed by atoms with E-state index in [1.165, 1.54) is 12.0 Å². The standard InChI is InChI=1S/C22H21N5O4S2/c1-31-18-11-13(32-2)6-7-14(18)20(28)23-12-8-9-26-17(10-12)21(29)27(22(26)30)16-5-3-4-15-19(16)25-33-24-15/h3-7,11-12,17H,8-10H2,1-2H3,(H,23,28). The van der Waals surface area contributed by atoms with Gasteiger partial charge in [-0.25, -0.2) is 9.69 Å². The van der Waals surface area contributed by atoms with Crippen LogP contribution < -0.4 is 15.0 Å². The van der Waals surface area contributed by atoms with Gasteiger partial charge in [0.1, 0.15) is 22.8 Å². The molecule has 2 atom stereocenters. The van der Waals surface area contributed by atoms with Crippen molar-refractivity contribution in [1.29, 1.82) is 0 Å². The monoisotopic (exact) mass is 483 g/mol. The molecule has 11 heteroatoms. The minimum atomic E-state index is -0.626. The predicted molar refractivity (Wildman–Crippen MR) is 126 cm³/mol. The third-order valence-electron chi connectivity index (χ3n) is 6.04. The molecule has 5 rings (SSSR count). The number of methoxy groups -OCH3 is 1. The number of urea groups is 1. The van der Waals surface area contributed by atoms with Crippen molar-refractivity contribution in [2.45, 2.75) is 29.8 Å². The smallest absolute Gasteiger partial charge is 0.332 e. The molecule has 33 heavy (non-hydrogen) atoms. The van der Waals surface area contributed by atoms with Crippen LogP contribution in [0.15, 0.2) is 41.3 Å². The summed E-state index contributed by atoms with van der Waals surface area (Å²) in [6, 6.07) is 9.48. The van der Waals surface area contributed by atoms with Crippen LogP contribution in [0, 0.1) is 0 Å². The first-order valence-electron chi connectivity index (χ1n) is 10.4. The Morgan fingerprint density at radius 1 is 1.24 bits per heavy atom. The maximum absolute atomic E-state index is 13.3. The van der Waals surface area contributed by atoms with Gasteiger partial charge in [0.2, 0.25) is 0 Å². The molecule has 0 bridgehead atoms. The summed E-state index contributed by atoms with van der Waals surface area (Å²) in [5.74, 6) is -0.0636. The minimum absolute atomic E-state index is 0.239. The Hall–Kier alpha value is -3.18. The van der Waals surface area contributed by atoms with E-state index in [1.54, 1.807) is 40.9 Å². The SMILES string of the molecule is COc1cc(SC)ccc1C(=O)NC1CCN2C(=O)N(c3cccc4nsnc34)C(=O)C2C1. The molecule has 4 amide bonds. The molecule has 9 nitrogen and oxygen atoms in total. The summed E-state index contributed by atoms with van der Waals surface area (Å²) in [5, 5.41) is 3.02.